The maximum atomic E-state index is 12.0. The van der Waals surface area contributed by atoms with E-state index in [-0.39, 0.29) is 11.4 Å². The molecular formula is C12H8ClN3O4. The van der Waals surface area contributed by atoms with E-state index in [0.29, 0.717) is 5.02 Å². The minimum atomic E-state index is -0.820. The first-order chi connectivity index (χ1) is 9.49. The molecule has 2 aromatic rings. The second-order valence-electron chi connectivity index (χ2n) is 3.75. The van der Waals surface area contributed by atoms with Gasteiger partial charge in [0.15, 0.2) is 5.75 Å². The molecule has 0 radical (unpaired) electrons. The Morgan fingerprint density at radius 2 is 2.10 bits per heavy atom. The molecule has 0 saturated heterocycles. The molecule has 8 heteroatoms. The van der Waals surface area contributed by atoms with Crippen LogP contribution in [0.15, 0.2) is 36.5 Å². The highest BCUT2D eigenvalue weighted by Crippen LogP contribution is 2.29. The number of anilines is 1. The molecule has 7 nitrogen and oxygen atoms in total. The first-order valence-electron chi connectivity index (χ1n) is 5.38. The number of aromatic nitrogens is 1. The van der Waals surface area contributed by atoms with E-state index in [1.165, 1.54) is 30.5 Å². The van der Waals surface area contributed by atoms with E-state index >= 15 is 0 Å². The summed E-state index contributed by atoms with van der Waals surface area (Å²) in [6, 6.07) is 6.68. The van der Waals surface area contributed by atoms with Gasteiger partial charge in [-0.3, -0.25) is 14.9 Å². The molecule has 102 valence electrons. The van der Waals surface area contributed by atoms with Crippen LogP contribution in [0.2, 0.25) is 5.02 Å². The van der Waals surface area contributed by atoms with Crippen LogP contribution in [-0.4, -0.2) is 20.9 Å². The lowest BCUT2D eigenvalue weighted by Gasteiger charge is -2.05. The molecule has 0 atom stereocenters. The van der Waals surface area contributed by atoms with E-state index in [2.05, 4.69) is 10.3 Å². The van der Waals surface area contributed by atoms with Gasteiger partial charge in [0.1, 0.15) is 11.4 Å². The Labute approximate surface area is 118 Å². The van der Waals surface area contributed by atoms with Gasteiger partial charge < -0.3 is 10.4 Å². The van der Waals surface area contributed by atoms with Crippen molar-refractivity contribution in [2.75, 3.05) is 5.32 Å². The number of amides is 1. The quantitative estimate of drug-likeness (QED) is 0.668. The highest BCUT2D eigenvalue weighted by molar-refractivity contribution is 6.30. The molecule has 1 heterocycles. The van der Waals surface area contributed by atoms with Crippen molar-refractivity contribution in [1.29, 1.82) is 0 Å². The predicted molar refractivity (Wildman–Crippen MR) is 72.0 cm³/mol. The summed E-state index contributed by atoms with van der Waals surface area (Å²) in [5.74, 6) is -1.13. The van der Waals surface area contributed by atoms with Crippen molar-refractivity contribution < 1.29 is 14.8 Å². The molecule has 2 rings (SSSR count). The number of nitrogens with zero attached hydrogens (tertiary/aromatic N) is 2. The number of nitro benzene ring substituents is 1. The Balaban J connectivity index is 2.32. The maximum Gasteiger partial charge on any atom is 0.323 e. The number of hydrogen-bond donors (Lipinski definition) is 2. The number of phenolic OH excluding ortho intramolecular Hbond substituents is 1. The van der Waals surface area contributed by atoms with Crippen LogP contribution in [0.5, 0.6) is 5.75 Å². The summed E-state index contributed by atoms with van der Waals surface area (Å²) in [4.78, 5) is 25.9. The van der Waals surface area contributed by atoms with Crippen LogP contribution in [0.3, 0.4) is 0 Å². The third kappa shape index (κ3) is 2.83. The molecule has 0 saturated carbocycles. The molecule has 0 aliphatic carbocycles. The minimum absolute atomic E-state index is 0.192. The van der Waals surface area contributed by atoms with Crippen LogP contribution in [0.25, 0.3) is 0 Å². The summed E-state index contributed by atoms with van der Waals surface area (Å²) in [5.41, 5.74) is -0.911. The second-order valence-corrected chi connectivity index (χ2v) is 4.18. The van der Waals surface area contributed by atoms with Crippen molar-refractivity contribution in [1.82, 2.24) is 4.98 Å². The van der Waals surface area contributed by atoms with Gasteiger partial charge in [-0.25, -0.2) is 4.98 Å². The van der Waals surface area contributed by atoms with Crippen molar-refractivity contribution in [3.8, 4) is 5.75 Å². The Morgan fingerprint density at radius 3 is 2.70 bits per heavy atom. The number of aromatic hydroxyl groups is 1. The van der Waals surface area contributed by atoms with E-state index in [1.54, 1.807) is 0 Å². The van der Waals surface area contributed by atoms with E-state index in [0.717, 1.165) is 6.07 Å². The lowest BCUT2D eigenvalue weighted by atomic mass is 10.1. The molecular weight excluding hydrogens is 286 g/mol. The number of phenols is 1. The fraction of sp³-hybridized carbons (Fsp3) is 0. The summed E-state index contributed by atoms with van der Waals surface area (Å²) in [5, 5.41) is 23.1. The highest BCUT2D eigenvalue weighted by atomic mass is 35.5. The number of pyridine rings is 1. The maximum absolute atomic E-state index is 12.0. The fourth-order valence-electron chi connectivity index (χ4n) is 1.54. The summed E-state index contributed by atoms with van der Waals surface area (Å²) in [6.07, 6.45) is 1.33. The zero-order chi connectivity index (χ0) is 14.7. The average Bonchev–Trinajstić information content (AvgIpc) is 2.40. The van der Waals surface area contributed by atoms with Crippen LogP contribution in [-0.2, 0) is 0 Å². The van der Waals surface area contributed by atoms with E-state index < -0.39 is 22.3 Å². The number of carbonyl (C=O) groups is 1. The number of benzene rings is 1. The molecule has 0 bridgehead atoms. The van der Waals surface area contributed by atoms with Gasteiger partial charge in [-0.1, -0.05) is 17.7 Å². The van der Waals surface area contributed by atoms with Crippen molar-refractivity contribution in [3.05, 3.63) is 57.2 Å². The topological polar surface area (TPSA) is 105 Å². The standard InChI is InChI=1S/C12H8ClN3O4/c13-7-4-5-10(14-6-7)15-12(18)8-2-1-3-9(17)11(8)16(19)20/h1-6,17H,(H,14,15,18). The summed E-state index contributed by atoms with van der Waals surface area (Å²) < 4.78 is 0. The van der Waals surface area contributed by atoms with Crippen LogP contribution in [0.1, 0.15) is 10.4 Å². The van der Waals surface area contributed by atoms with Gasteiger partial charge in [0.25, 0.3) is 5.91 Å². The van der Waals surface area contributed by atoms with Crippen molar-refractivity contribution in [3.63, 3.8) is 0 Å². The predicted octanol–water partition coefficient (Wildman–Crippen LogP) is 2.60. The Hall–Kier alpha value is -2.67. The number of hydrogen-bond acceptors (Lipinski definition) is 5. The molecule has 0 aliphatic rings. The van der Waals surface area contributed by atoms with E-state index in [1.807, 2.05) is 0 Å². The lowest BCUT2D eigenvalue weighted by Crippen LogP contribution is -2.14. The Kier molecular flexibility index (Phi) is 3.81. The van der Waals surface area contributed by atoms with Gasteiger partial charge in [-0.15, -0.1) is 0 Å². The van der Waals surface area contributed by atoms with Gasteiger partial charge in [0.2, 0.25) is 0 Å². The van der Waals surface area contributed by atoms with Crippen LogP contribution in [0, 0.1) is 10.1 Å². The van der Waals surface area contributed by atoms with Gasteiger partial charge in [-0.05, 0) is 24.3 Å². The molecule has 1 amide bonds. The molecule has 0 aliphatic heterocycles. The molecule has 0 unspecified atom stereocenters. The zero-order valence-electron chi connectivity index (χ0n) is 9.91. The number of rotatable bonds is 3. The van der Waals surface area contributed by atoms with Gasteiger partial charge >= 0.3 is 5.69 Å². The smallest absolute Gasteiger partial charge is 0.323 e. The molecule has 0 fully saturated rings. The van der Waals surface area contributed by atoms with Crippen LogP contribution >= 0.6 is 11.6 Å². The van der Waals surface area contributed by atoms with Crippen LogP contribution < -0.4 is 5.32 Å². The minimum Gasteiger partial charge on any atom is -0.502 e. The molecule has 20 heavy (non-hydrogen) atoms. The first kappa shape index (κ1) is 13.8. The Bertz CT molecular complexity index is 673. The monoisotopic (exact) mass is 293 g/mol. The summed E-state index contributed by atoms with van der Waals surface area (Å²) in [7, 11) is 0. The molecule has 2 N–H and O–H groups in total. The third-order valence-corrected chi connectivity index (χ3v) is 2.63. The van der Waals surface area contributed by atoms with E-state index in [9.17, 15) is 20.0 Å². The fourth-order valence-corrected chi connectivity index (χ4v) is 1.65. The SMILES string of the molecule is O=C(Nc1ccc(Cl)cn1)c1cccc(O)c1[N+](=O)[O-]. The zero-order valence-corrected chi connectivity index (χ0v) is 10.7. The average molecular weight is 294 g/mol. The number of nitro groups is 1. The normalized spacial score (nSPS) is 10.1. The molecule has 1 aromatic heterocycles. The van der Waals surface area contributed by atoms with Gasteiger partial charge in [-0.2, -0.15) is 0 Å². The number of nitrogens with one attached hydrogen (secondary N) is 1. The Morgan fingerprint density at radius 1 is 1.35 bits per heavy atom. The molecule has 1 aromatic carbocycles. The largest absolute Gasteiger partial charge is 0.502 e. The first-order valence-corrected chi connectivity index (χ1v) is 5.76. The highest BCUT2D eigenvalue weighted by Gasteiger charge is 2.24. The van der Waals surface area contributed by atoms with Crippen molar-refractivity contribution in [2.24, 2.45) is 0 Å². The second kappa shape index (κ2) is 5.54. The lowest BCUT2D eigenvalue weighted by molar-refractivity contribution is -0.386. The summed E-state index contributed by atoms with van der Waals surface area (Å²) >= 11 is 5.66. The number of para-hydroxylation sites is 1. The number of carbonyl (C=O) groups excluding carboxylic acids is 1. The van der Waals surface area contributed by atoms with Gasteiger partial charge in [0, 0.05) is 6.20 Å². The van der Waals surface area contributed by atoms with E-state index in [4.69, 9.17) is 11.6 Å². The van der Waals surface area contributed by atoms with Crippen LogP contribution in [0.4, 0.5) is 11.5 Å². The molecule has 0 spiro atoms. The van der Waals surface area contributed by atoms with Crippen molar-refractivity contribution >= 4 is 29.0 Å². The van der Waals surface area contributed by atoms with Gasteiger partial charge in [0.05, 0.1) is 9.95 Å². The van der Waals surface area contributed by atoms with Crippen molar-refractivity contribution in [2.45, 2.75) is 0 Å². The summed E-state index contributed by atoms with van der Waals surface area (Å²) in [6.45, 7) is 0. The third-order valence-electron chi connectivity index (χ3n) is 2.41. The number of halogens is 1.